The minimum Gasteiger partial charge on any atom is -0.228 e. The summed E-state index contributed by atoms with van der Waals surface area (Å²) in [6, 6.07) is 1.91. The van der Waals surface area contributed by atoms with Crippen LogP contribution >= 0.6 is 38.9 Å². The lowest BCUT2D eigenvalue weighted by atomic mass is 10.1. The van der Waals surface area contributed by atoms with Gasteiger partial charge in [0, 0.05) is 9.35 Å². The van der Waals surface area contributed by atoms with Crippen LogP contribution in [0, 0.1) is 0 Å². The molecule has 2 atom stereocenters. The van der Waals surface area contributed by atoms with Gasteiger partial charge in [0.1, 0.15) is 0 Å². The summed E-state index contributed by atoms with van der Waals surface area (Å²) in [4.78, 5) is 0.928. The summed E-state index contributed by atoms with van der Waals surface area (Å²) in [5.74, 6) is 0.282. The van der Waals surface area contributed by atoms with E-state index in [1.807, 2.05) is 11.4 Å². The van der Waals surface area contributed by atoms with Crippen molar-refractivity contribution in [2.75, 3.05) is 5.75 Å². The Morgan fingerprint density at radius 1 is 1.50 bits per heavy atom. The molecule has 2 unspecified atom stereocenters. The number of rotatable bonds is 2. The lowest BCUT2D eigenvalue weighted by Crippen LogP contribution is -2.31. The summed E-state index contributed by atoms with van der Waals surface area (Å²) in [7, 11) is -3.01. The second-order valence-electron chi connectivity index (χ2n) is 3.94. The van der Waals surface area contributed by atoms with Crippen molar-refractivity contribution in [1.82, 2.24) is 0 Å². The molecule has 0 N–H and O–H groups in total. The highest BCUT2D eigenvalue weighted by atomic mass is 79.9. The number of hydrogen-bond donors (Lipinski definition) is 0. The van der Waals surface area contributed by atoms with Gasteiger partial charge < -0.3 is 0 Å². The third-order valence-corrected chi connectivity index (χ3v) is 7.89. The van der Waals surface area contributed by atoms with E-state index in [9.17, 15) is 8.42 Å². The molecule has 1 aliphatic rings. The number of halogens is 2. The fraction of sp³-hybridized carbons (Fsp3) is 0.600. The van der Waals surface area contributed by atoms with E-state index in [1.54, 1.807) is 0 Å². The predicted molar refractivity (Wildman–Crippen MR) is 72.0 cm³/mol. The monoisotopic (exact) mass is 342 g/mol. The maximum absolute atomic E-state index is 11.9. The first-order valence-corrected chi connectivity index (χ1v) is 8.93. The zero-order chi connectivity index (χ0) is 11.8. The second kappa shape index (κ2) is 4.96. The first kappa shape index (κ1) is 12.9. The second-order valence-corrected chi connectivity index (χ2v) is 8.55. The van der Waals surface area contributed by atoms with E-state index in [4.69, 9.17) is 11.6 Å². The Hall–Kier alpha value is 0.420. The molecule has 0 radical (unpaired) electrons. The van der Waals surface area contributed by atoms with Gasteiger partial charge in [0.2, 0.25) is 0 Å². The molecule has 90 valence electrons. The average Bonchev–Trinajstić information content (AvgIpc) is 2.63. The molecular weight excluding hydrogens is 332 g/mol. The lowest BCUT2D eigenvalue weighted by Gasteiger charge is -2.25. The minimum absolute atomic E-state index is 0.282. The number of sulfone groups is 1. The van der Waals surface area contributed by atoms with E-state index in [0.29, 0.717) is 6.42 Å². The Kier molecular flexibility index (Phi) is 3.99. The van der Waals surface area contributed by atoms with Gasteiger partial charge in [-0.2, -0.15) is 0 Å². The van der Waals surface area contributed by atoms with Crippen LogP contribution in [0.4, 0.5) is 0 Å². The van der Waals surface area contributed by atoms with Gasteiger partial charge in [-0.3, -0.25) is 0 Å². The standard InChI is InChI=1S/C10H12BrClO2S2/c11-7-4-5-15-10(7)9(12)8-3-1-2-6-16(8,13)14/h4-5,8-9H,1-3,6H2. The van der Waals surface area contributed by atoms with Gasteiger partial charge in [-0.05, 0) is 40.2 Å². The molecule has 2 nitrogen and oxygen atoms in total. The SMILES string of the molecule is O=S1(=O)CCCCC1C(Cl)c1sccc1Br. The summed E-state index contributed by atoms with van der Waals surface area (Å²) >= 11 is 11.2. The van der Waals surface area contributed by atoms with Crippen molar-refractivity contribution < 1.29 is 8.42 Å². The van der Waals surface area contributed by atoms with Gasteiger partial charge >= 0.3 is 0 Å². The van der Waals surface area contributed by atoms with Crippen LogP contribution in [0.15, 0.2) is 15.9 Å². The number of alkyl halides is 1. The van der Waals surface area contributed by atoms with Gasteiger partial charge in [0.25, 0.3) is 0 Å². The smallest absolute Gasteiger partial charge is 0.154 e. The van der Waals surface area contributed by atoms with Gasteiger partial charge in [-0.25, -0.2) is 8.42 Å². The van der Waals surface area contributed by atoms with E-state index in [1.165, 1.54) is 11.3 Å². The van der Waals surface area contributed by atoms with E-state index in [-0.39, 0.29) is 5.75 Å². The number of thiophene rings is 1. The summed E-state index contributed by atoms with van der Waals surface area (Å²) in [5, 5.41) is 1.09. The molecule has 1 aromatic rings. The maximum Gasteiger partial charge on any atom is 0.154 e. The highest BCUT2D eigenvalue weighted by molar-refractivity contribution is 9.10. The molecule has 1 fully saturated rings. The number of hydrogen-bond acceptors (Lipinski definition) is 3. The Labute approximate surface area is 113 Å². The lowest BCUT2D eigenvalue weighted by molar-refractivity contribution is 0.535. The van der Waals surface area contributed by atoms with Crippen molar-refractivity contribution in [1.29, 1.82) is 0 Å². The van der Waals surface area contributed by atoms with E-state index in [0.717, 1.165) is 22.2 Å². The van der Waals surface area contributed by atoms with Crippen molar-refractivity contribution >= 4 is 48.7 Å². The normalized spacial score (nSPS) is 26.5. The van der Waals surface area contributed by atoms with Gasteiger partial charge in [0.05, 0.1) is 16.4 Å². The summed E-state index contributed by atoms with van der Waals surface area (Å²) in [6.45, 7) is 0. The van der Waals surface area contributed by atoms with E-state index < -0.39 is 20.5 Å². The molecule has 0 saturated carbocycles. The van der Waals surface area contributed by atoms with Crippen molar-refractivity contribution in [3.63, 3.8) is 0 Å². The summed E-state index contributed by atoms with van der Waals surface area (Å²) < 4.78 is 24.8. The molecule has 0 aliphatic carbocycles. The molecule has 1 aromatic heterocycles. The van der Waals surface area contributed by atoms with Crippen molar-refractivity contribution in [2.24, 2.45) is 0 Å². The average molecular weight is 344 g/mol. The van der Waals surface area contributed by atoms with Crippen LogP contribution in [-0.4, -0.2) is 19.4 Å². The van der Waals surface area contributed by atoms with Crippen molar-refractivity contribution in [3.05, 3.63) is 20.8 Å². The van der Waals surface area contributed by atoms with Crippen molar-refractivity contribution in [2.45, 2.75) is 29.9 Å². The third-order valence-electron chi connectivity index (χ3n) is 2.85. The molecule has 1 saturated heterocycles. The quantitative estimate of drug-likeness (QED) is 0.766. The van der Waals surface area contributed by atoms with Crippen LogP contribution in [0.25, 0.3) is 0 Å². The van der Waals surface area contributed by atoms with Crippen LogP contribution < -0.4 is 0 Å². The zero-order valence-corrected chi connectivity index (χ0v) is 12.5. The summed E-state index contributed by atoms with van der Waals surface area (Å²) in [5.41, 5.74) is 0. The van der Waals surface area contributed by atoms with Gasteiger partial charge in [-0.1, -0.05) is 6.42 Å². The molecule has 0 spiro atoms. The largest absolute Gasteiger partial charge is 0.228 e. The molecule has 6 heteroatoms. The zero-order valence-electron chi connectivity index (χ0n) is 8.53. The molecule has 2 heterocycles. The van der Waals surface area contributed by atoms with Crippen LogP contribution in [-0.2, 0) is 9.84 Å². The van der Waals surface area contributed by atoms with Crippen LogP contribution in [0.1, 0.15) is 29.5 Å². The molecule has 0 aromatic carbocycles. The van der Waals surface area contributed by atoms with Gasteiger partial charge in [0.15, 0.2) is 9.84 Å². The minimum atomic E-state index is -3.01. The molecule has 0 bridgehead atoms. The molecular formula is C10H12BrClO2S2. The fourth-order valence-electron chi connectivity index (χ4n) is 1.98. The van der Waals surface area contributed by atoms with Crippen LogP contribution in [0.3, 0.4) is 0 Å². The molecule has 0 amide bonds. The highest BCUT2D eigenvalue weighted by Crippen LogP contribution is 2.40. The molecule has 16 heavy (non-hydrogen) atoms. The fourth-order valence-corrected chi connectivity index (χ4v) is 6.66. The predicted octanol–water partition coefficient (Wildman–Crippen LogP) is 3.76. The van der Waals surface area contributed by atoms with Gasteiger partial charge in [-0.15, -0.1) is 22.9 Å². The van der Waals surface area contributed by atoms with Crippen molar-refractivity contribution in [3.8, 4) is 0 Å². The Bertz CT molecular complexity index is 469. The Morgan fingerprint density at radius 3 is 2.81 bits per heavy atom. The highest BCUT2D eigenvalue weighted by Gasteiger charge is 2.36. The molecule has 2 rings (SSSR count). The topological polar surface area (TPSA) is 34.1 Å². The van der Waals surface area contributed by atoms with Crippen LogP contribution in [0.2, 0.25) is 0 Å². The van der Waals surface area contributed by atoms with E-state index >= 15 is 0 Å². The Balaban J connectivity index is 2.28. The summed E-state index contributed by atoms with van der Waals surface area (Å²) in [6.07, 6.45) is 2.41. The maximum atomic E-state index is 11.9. The first-order valence-electron chi connectivity index (χ1n) is 5.11. The Morgan fingerprint density at radius 2 is 2.25 bits per heavy atom. The van der Waals surface area contributed by atoms with Crippen LogP contribution in [0.5, 0.6) is 0 Å². The van der Waals surface area contributed by atoms with E-state index in [2.05, 4.69) is 15.9 Å². The molecule has 1 aliphatic heterocycles. The third kappa shape index (κ3) is 2.47. The first-order chi connectivity index (χ1) is 7.52.